The monoisotopic (exact) mass is 373 g/mol. The van der Waals surface area contributed by atoms with Gasteiger partial charge in [0.15, 0.2) is 0 Å². The molecule has 148 valence electrons. The first-order valence-electron chi connectivity index (χ1n) is 10.1. The average Bonchev–Trinajstić information content (AvgIpc) is 3.26. The minimum atomic E-state index is -0.277. The second kappa shape index (κ2) is 8.74. The van der Waals surface area contributed by atoms with Gasteiger partial charge in [0.05, 0.1) is 12.0 Å². The number of ether oxygens (including phenoxy) is 1. The molecule has 6 nitrogen and oxygen atoms in total. The van der Waals surface area contributed by atoms with E-state index in [1.807, 2.05) is 38.1 Å². The van der Waals surface area contributed by atoms with Crippen molar-refractivity contribution in [2.75, 3.05) is 31.1 Å². The van der Waals surface area contributed by atoms with E-state index in [1.54, 1.807) is 4.90 Å². The van der Waals surface area contributed by atoms with Crippen LogP contribution < -0.4 is 15.0 Å². The molecule has 0 radical (unpaired) electrons. The van der Waals surface area contributed by atoms with Crippen molar-refractivity contribution in [1.82, 2.24) is 10.2 Å². The molecule has 6 heteroatoms. The van der Waals surface area contributed by atoms with Crippen molar-refractivity contribution >= 4 is 17.5 Å². The van der Waals surface area contributed by atoms with Gasteiger partial charge >= 0.3 is 0 Å². The van der Waals surface area contributed by atoms with Crippen molar-refractivity contribution in [2.45, 2.75) is 52.2 Å². The summed E-state index contributed by atoms with van der Waals surface area (Å²) in [7, 11) is 0. The molecule has 27 heavy (non-hydrogen) atoms. The Balaban J connectivity index is 1.54. The number of carbonyl (C=O) groups excluding carboxylic acids is 2. The molecule has 2 amide bonds. The van der Waals surface area contributed by atoms with Crippen LogP contribution >= 0.6 is 0 Å². The van der Waals surface area contributed by atoms with E-state index in [9.17, 15) is 9.59 Å². The SMILES string of the molecule is CCN1CCC[C@@H]1CNC(=O)[C@H]1CC(=O)N(c2ccc(OC(C)C)cc2)C1. The van der Waals surface area contributed by atoms with Gasteiger partial charge < -0.3 is 15.0 Å². The molecule has 1 aromatic carbocycles. The summed E-state index contributed by atoms with van der Waals surface area (Å²) in [5, 5.41) is 3.07. The number of nitrogens with zero attached hydrogens (tertiary/aromatic N) is 2. The highest BCUT2D eigenvalue weighted by Crippen LogP contribution is 2.27. The van der Waals surface area contributed by atoms with Gasteiger partial charge in [-0.15, -0.1) is 0 Å². The summed E-state index contributed by atoms with van der Waals surface area (Å²) in [6.07, 6.45) is 2.72. The maximum Gasteiger partial charge on any atom is 0.227 e. The van der Waals surface area contributed by atoms with Crippen LogP contribution in [0.4, 0.5) is 5.69 Å². The van der Waals surface area contributed by atoms with E-state index >= 15 is 0 Å². The Morgan fingerprint density at radius 2 is 2.04 bits per heavy atom. The van der Waals surface area contributed by atoms with Crippen LogP contribution in [-0.2, 0) is 9.59 Å². The molecule has 2 heterocycles. The molecule has 2 aliphatic rings. The van der Waals surface area contributed by atoms with E-state index in [-0.39, 0.29) is 30.3 Å². The normalized spacial score (nSPS) is 23.3. The average molecular weight is 373 g/mol. The Morgan fingerprint density at radius 1 is 1.30 bits per heavy atom. The molecule has 1 N–H and O–H groups in total. The molecule has 0 saturated carbocycles. The largest absolute Gasteiger partial charge is 0.491 e. The highest BCUT2D eigenvalue weighted by molar-refractivity contribution is 6.00. The van der Waals surface area contributed by atoms with E-state index < -0.39 is 0 Å². The molecule has 0 spiro atoms. The van der Waals surface area contributed by atoms with Crippen LogP contribution in [0.1, 0.15) is 40.0 Å². The fourth-order valence-electron chi connectivity index (χ4n) is 4.01. The van der Waals surface area contributed by atoms with Crippen LogP contribution in [0.3, 0.4) is 0 Å². The number of hydrogen-bond acceptors (Lipinski definition) is 4. The third-order valence-electron chi connectivity index (χ3n) is 5.43. The molecule has 0 unspecified atom stereocenters. The van der Waals surface area contributed by atoms with Crippen LogP contribution in [0.5, 0.6) is 5.75 Å². The van der Waals surface area contributed by atoms with Crippen molar-refractivity contribution in [3.05, 3.63) is 24.3 Å². The minimum absolute atomic E-state index is 0.00345. The fraction of sp³-hybridized carbons (Fsp3) is 0.619. The highest BCUT2D eigenvalue weighted by Gasteiger charge is 2.35. The molecule has 2 aliphatic heterocycles. The Bertz CT molecular complexity index is 659. The topological polar surface area (TPSA) is 61.9 Å². The van der Waals surface area contributed by atoms with Crippen molar-refractivity contribution in [1.29, 1.82) is 0 Å². The maximum atomic E-state index is 12.6. The quantitative estimate of drug-likeness (QED) is 0.797. The predicted octanol–water partition coefficient (Wildman–Crippen LogP) is 2.43. The Kier molecular flexibility index (Phi) is 6.37. The number of likely N-dealkylation sites (tertiary alicyclic amines) is 1. The molecule has 1 aromatic rings. The van der Waals surface area contributed by atoms with Crippen molar-refractivity contribution in [3.8, 4) is 5.75 Å². The summed E-state index contributed by atoms with van der Waals surface area (Å²) in [6.45, 7) is 9.37. The summed E-state index contributed by atoms with van der Waals surface area (Å²) >= 11 is 0. The molecular weight excluding hydrogens is 342 g/mol. The van der Waals surface area contributed by atoms with Gasteiger partial charge in [-0.05, 0) is 64.0 Å². The standard InChI is InChI=1S/C21H31N3O3/c1-4-23-11-5-6-18(23)13-22-21(26)16-12-20(25)24(14-16)17-7-9-19(10-8-17)27-15(2)3/h7-10,15-16,18H,4-6,11-14H2,1-3H3,(H,22,26)/t16-,18+/m0/s1. The maximum absolute atomic E-state index is 12.6. The molecule has 0 aromatic heterocycles. The molecule has 2 saturated heterocycles. The number of nitrogens with one attached hydrogen (secondary N) is 1. The van der Waals surface area contributed by atoms with Gasteiger partial charge in [-0.2, -0.15) is 0 Å². The van der Waals surface area contributed by atoms with Crippen LogP contribution in [0.2, 0.25) is 0 Å². The van der Waals surface area contributed by atoms with Gasteiger partial charge in [0.25, 0.3) is 0 Å². The summed E-state index contributed by atoms with van der Waals surface area (Å²) in [4.78, 5) is 29.1. The van der Waals surface area contributed by atoms with Gasteiger partial charge in [0.1, 0.15) is 5.75 Å². The van der Waals surface area contributed by atoms with Crippen LogP contribution in [0.25, 0.3) is 0 Å². The lowest BCUT2D eigenvalue weighted by molar-refractivity contribution is -0.126. The summed E-state index contributed by atoms with van der Waals surface area (Å²) < 4.78 is 5.65. The molecular formula is C21H31N3O3. The molecule has 0 aliphatic carbocycles. The zero-order chi connectivity index (χ0) is 19.4. The van der Waals surface area contributed by atoms with E-state index in [0.717, 1.165) is 30.9 Å². The lowest BCUT2D eigenvalue weighted by atomic mass is 10.1. The molecule has 2 fully saturated rings. The summed E-state index contributed by atoms with van der Waals surface area (Å²) in [5.74, 6) is 0.504. The molecule has 3 rings (SSSR count). The lowest BCUT2D eigenvalue weighted by Gasteiger charge is -2.23. The third kappa shape index (κ3) is 4.80. The Labute approximate surface area is 161 Å². The zero-order valence-electron chi connectivity index (χ0n) is 16.6. The van der Waals surface area contributed by atoms with Crippen molar-refractivity contribution in [2.24, 2.45) is 5.92 Å². The predicted molar refractivity (Wildman–Crippen MR) is 106 cm³/mol. The first-order valence-corrected chi connectivity index (χ1v) is 10.1. The van der Waals surface area contributed by atoms with E-state index in [1.165, 1.54) is 6.42 Å². The van der Waals surface area contributed by atoms with Crippen LogP contribution in [0, 0.1) is 5.92 Å². The van der Waals surface area contributed by atoms with Crippen LogP contribution in [-0.4, -0.2) is 55.0 Å². The van der Waals surface area contributed by atoms with Gasteiger partial charge in [0.2, 0.25) is 11.8 Å². The molecule has 0 bridgehead atoms. The fourth-order valence-corrected chi connectivity index (χ4v) is 4.01. The van der Waals surface area contributed by atoms with Crippen molar-refractivity contribution in [3.63, 3.8) is 0 Å². The van der Waals surface area contributed by atoms with E-state index in [4.69, 9.17) is 4.74 Å². The third-order valence-corrected chi connectivity index (χ3v) is 5.43. The molecule has 2 atom stereocenters. The Morgan fingerprint density at radius 3 is 2.70 bits per heavy atom. The number of amides is 2. The smallest absolute Gasteiger partial charge is 0.227 e. The van der Waals surface area contributed by atoms with Crippen molar-refractivity contribution < 1.29 is 14.3 Å². The summed E-state index contributed by atoms with van der Waals surface area (Å²) in [6, 6.07) is 7.94. The first kappa shape index (κ1) is 19.7. The number of benzene rings is 1. The van der Waals surface area contributed by atoms with Gasteiger partial charge in [0, 0.05) is 31.2 Å². The number of anilines is 1. The minimum Gasteiger partial charge on any atom is -0.491 e. The number of likely N-dealkylation sites (N-methyl/N-ethyl adjacent to an activating group) is 1. The lowest BCUT2D eigenvalue weighted by Crippen LogP contribution is -2.42. The highest BCUT2D eigenvalue weighted by atomic mass is 16.5. The second-order valence-corrected chi connectivity index (χ2v) is 7.74. The zero-order valence-corrected chi connectivity index (χ0v) is 16.6. The second-order valence-electron chi connectivity index (χ2n) is 7.74. The van der Waals surface area contributed by atoms with Gasteiger partial charge in [-0.25, -0.2) is 0 Å². The summed E-state index contributed by atoms with van der Waals surface area (Å²) in [5.41, 5.74) is 0.819. The number of hydrogen-bond donors (Lipinski definition) is 1. The van der Waals surface area contributed by atoms with E-state index in [2.05, 4.69) is 17.1 Å². The van der Waals surface area contributed by atoms with Crippen LogP contribution in [0.15, 0.2) is 24.3 Å². The van der Waals surface area contributed by atoms with Gasteiger partial charge in [-0.1, -0.05) is 6.92 Å². The first-order chi connectivity index (χ1) is 13.0. The Hall–Kier alpha value is -2.08. The number of rotatable bonds is 7. The number of carbonyl (C=O) groups is 2. The van der Waals surface area contributed by atoms with Gasteiger partial charge in [-0.3, -0.25) is 14.5 Å². The van der Waals surface area contributed by atoms with E-state index in [0.29, 0.717) is 19.1 Å².